The van der Waals surface area contributed by atoms with Gasteiger partial charge in [-0.05, 0) is 43.7 Å². The topological polar surface area (TPSA) is 38.8 Å². The minimum absolute atomic E-state index is 0.289. The number of carbonyl (C=O) groups is 1. The van der Waals surface area contributed by atoms with Gasteiger partial charge >= 0.3 is 5.97 Å². The van der Waals surface area contributed by atoms with Crippen molar-refractivity contribution in [3.05, 3.63) is 65.2 Å². The van der Waals surface area contributed by atoms with E-state index in [0.29, 0.717) is 19.6 Å². The lowest BCUT2D eigenvalue weighted by Gasteiger charge is -2.24. The standard InChI is InChI=1S/C22H25NO3/c1-5-13-23(3)21(22(24)25-4)15-18-9-11-20(12-10-18)26-16-19-8-6-7-17(2)14-19/h1,6-12,14,21H,13,15-16H2,2-4H3. The van der Waals surface area contributed by atoms with Crippen molar-refractivity contribution in [2.45, 2.75) is 26.0 Å². The number of rotatable bonds is 8. The second-order valence-electron chi connectivity index (χ2n) is 6.28. The molecule has 4 nitrogen and oxygen atoms in total. The van der Waals surface area contributed by atoms with Crippen LogP contribution in [0.5, 0.6) is 5.75 Å². The Hall–Kier alpha value is -2.77. The van der Waals surface area contributed by atoms with Crippen LogP contribution in [0.1, 0.15) is 16.7 Å². The fourth-order valence-corrected chi connectivity index (χ4v) is 2.72. The lowest BCUT2D eigenvalue weighted by Crippen LogP contribution is -2.41. The summed E-state index contributed by atoms with van der Waals surface area (Å²) in [4.78, 5) is 13.8. The van der Waals surface area contributed by atoms with Crippen LogP contribution in [0.25, 0.3) is 0 Å². The van der Waals surface area contributed by atoms with Crippen LogP contribution in [0.3, 0.4) is 0 Å². The van der Waals surface area contributed by atoms with Crippen LogP contribution in [0.4, 0.5) is 0 Å². The molecule has 1 atom stereocenters. The van der Waals surface area contributed by atoms with E-state index in [1.54, 1.807) is 0 Å². The molecule has 0 radical (unpaired) electrons. The van der Waals surface area contributed by atoms with E-state index in [1.807, 2.05) is 48.3 Å². The average Bonchev–Trinajstić information content (AvgIpc) is 2.65. The quantitative estimate of drug-likeness (QED) is 0.541. The first kappa shape index (κ1) is 19.6. The third-order valence-electron chi connectivity index (χ3n) is 4.19. The summed E-state index contributed by atoms with van der Waals surface area (Å²) in [5.74, 6) is 3.06. The zero-order valence-electron chi connectivity index (χ0n) is 15.6. The maximum absolute atomic E-state index is 12.0. The van der Waals surface area contributed by atoms with Crippen LogP contribution in [-0.2, 0) is 22.6 Å². The summed E-state index contributed by atoms with van der Waals surface area (Å²) >= 11 is 0. The van der Waals surface area contributed by atoms with Gasteiger partial charge in [-0.3, -0.25) is 9.69 Å². The number of ether oxygens (including phenoxy) is 2. The minimum Gasteiger partial charge on any atom is -0.489 e. The third kappa shape index (κ3) is 5.65. The molecule has 0 saturated carbocycles. The number of benzene rings is 2. The Morgan fingerprint density at radius 2 is 1.92 bits per heavy atom. The number of aryl methyl sites for hydroxylation is 1. The maximum Gasteiger partial charge on any atom is 0.323 e. The van der Waals surface area contributed by atoms with Gasteiger partial charge in [0.2, 0.25) is 0 Å². The maximum atomic E-state index is 12.0. The van der Waals surface area contributed by atoms with Gasteiger partial charge in [0, 0.05) is 0 Å². The summed E-state index contributed by atoms with van der Waals surface area (Å²) in [6.45, 7) is 2.97. The molecule has 26 heavy (non-hydrogen) atoms. The Labute approximate surface area is 155 Å². The molecule has 0 amide bonds. The van der Waals surface area contributed by atoms with Crippen molar-refractivity contribution in [2.75, 3.05) is 20.7 Å². The molecule has 0 aliphatic rings. The van der Waals surface area contributed by atoms with Gasteiger partial charge in [-0.15, -0.1) is 6.42 Å². The fourth-order valence-electron chi connectivity index (χ4n) is 2.72. The molecule has 0 spiro atoms. The van der Waals surface area contributed by atoms with Crippen LogP contribution in [0.2, 0.25) is 0 Å². The lowest BCUT2D eigenvalue weighted by atomic mass is 10.0. The highest BCUT2D eigenvalue weighted by molar-refractivity contribution is 5.76. The van der Waals surface area contributed by atoms with Gasteiger partial charge in [0.25, 0.3) is 0 Å². The normalized spacial score (nSPS) is 11.7. The first-order valence-corrected chi connectivity index (χ1v) is 8.52. The summed E-state index contributed by atoms with van der Waals surface area (Å²) in [6.07, 6.45) is 5.88. The largest absolute Gasteiger partial charge is 0.489 e. The van der Waals surface area contributed by atoms with E-state index < -0.39 is 6.04 Å². The summed E-state index contributed by atoms with van der Waals surface area (Å²) in [5, 5.41) is 0. The first-order chi connectivity index (χ1) is 12.5. The molecule has 2 aromatic carbocycles. The molecular weight excluding hydrogens is 326 g/mol. The molecule has 2 aromatic rings. The highest BCUT2D eigenvalue weighted by Gasteiger charge is 2.23. The lowest BCUT2D eigenvalue weighted by molar-refractivity contribution is -0.146. The van der Waals surface area contributed by atoms with Crippen molar-refractivity contribution < 1.29 is 14.3 Å². The zero-order valence-corrected chi connectivity index (χ0v) is 15.6. The Morgan fingerprint density at radius 1 is 1.19 bits per heavy atom. The summed E-state index contributed by atoms with van der Waals surface area (Å²) < 4.78 is 10.7. The van der Waals surface area contributed by atoms with E-state index in [9.17, 15) is 4.79 Å². The SMILES string of the molecule is C#CCN(C)C(Cc1ccc(OCc2cccc(C)c2)cc1)C(=O)OC. The molecule has 0 bridgehead atoms. The number of hydrogen-bond acceptors (Lipinski definition) is 4. The predicted molar refractivity (Wildman–Crippen MR) is 103 cm³/mol. The molecule has 0 heterocycles. The molecule has 1 unspecified atom stereocenters. The minimum atomic E-state index is -0.407. The molecule has 0 aliphatic carbocycles. The summed E-state index contributed by atoms with van der Waals surface area (Å²) in [7, 11) is 3.21. The van der Waals surface area contributed by atoms with Crippen molar-refractivity contribution in [3.8, 4) is 18.1 Å². The summed E-state index contributed by atoms with van der Waals surface area (Å²) in [6, 6.07) is 15.6. The Bertz CT molecular complexity index is 762. The van der Waals surface area contributed by atoms with Crippen molar-refractivity contribution >= 4 is 5.97 Å². The fraction of sp³-hybridized carbons (Fsp3) is 0.318. The summed E-state index contributed by atoms with van der Waals surface area (Å²) in [5.41, 5.74) is 3.37. The predicted octanol–water partition coefficient (Wildman–Crippen LogP) is 3.22. The van der Waals surface area contributed by atoms with Crippen molar-refractivity contribution in [3.63, 3.8) is 0 Å². The van der Waals surface area contributed by atoms with E-state index in [0.717, 1.165) is 16.9 Å². The number of esters is 1. The third-order valence-corrected chi connectivity index (χ3v) is 4.19. The van der Waals surface area contributed by atoms with Gasteiger partial charge in [0.15, 0.2) is 0 Å². The van der Waals surface area contributed by atoms with E-state index >= 15 is 0 Å². The van der Waals surface area contributed by atoms with Crippen molar-refractivity contribution in [2.24, 2.45) is 0 Å². The molecule has 4 heteroatoms. The molecule has 0 fully saturated rings. The van der Waals surface area contributed by atoms with Gasteiger partial charge in [-0.2, -0.15) is 0 Å². The number of hydrogen-bond donors (Lipinski definition) is 0. The second-order valence-corrected chi connectivity index (χ2v) is 6.28. The van der Waals surface area contributed by atoms with Crippen LogP contribution in [-0.4, -0.2) is 37.6 Å². The molecule has 0 N–H and O–H groups in total. The first-order valence-electron chi connectivity index (χ1n) is 8.52. The molecule has 0 saturated heterocycles. The molecule has 136 valence electrons. The smallest absolute Gasteiger partial charge is 0.323 e. The molecule has 0 aliphatic heterocycles. The average molecular weight is 351 g/mol. The Morgan fingerprint density at radius 3 is 2.54 bits per heavy atom. The van der Waals surface area contributed by atoms with E-state index in [-0.39, 0.29) is 5.97 Å². The van der Waals surface area contributed by atoms with E-state index in [4.69, 9.17) is 15.9 Å². The van der Waals surface area contributed by atoms with Gasteiger partial charge in [0.05, 0.1) is 13.7 Å². The molecular formula is C22H25NO3. The second kappa shape index (κ2) is 9.65. The number of terminal acetylenes is 1. The number of methoxy groups -OCH3 is 1. The number of carbonyl (C=O) groups excluding carboxylic acids is 1. The van der Waals surface area contributed by atoms with Crippen LogP contribution < -0.4 is 4.74 Å². The Kier molecular flexibility index (Phi) is 7.25. The van der Waals surface area contributed by atoms with Crippen LogP contribution in [0.15, 0.2) is 48.5 Å². The molecule has 0 aromatic heterocycles. The highest BCUT2D eigenvalue weighted by atomic mass is 16.5. The van der Waals surface area contributed by atoms with Gasteiger partial charge < -0.3 is 9.47 Å². The van der Waals surface area contributed by atoms with Gasteiger partial charge in [-0.1, -0.05) is 47.9 Å². The Balaban J connectivity index is 1.99. The van der Waals surface area contributed by atoms with Gasteiger partial charge in [0.1, 0.15) is 18.4 Å². The van der Waals surface area contributed by atoms with Crippen molar-refractivity contribution in [1.29, 1.82) is 0 Å². The van der Waals surface area contributed by atoms with E-state index in [1.165, 1.54) is 12.7 Å². The molecule has 2 rings (SSSR count). The monoisotopic (exact) mass is 351 g/mol. The number of nitrogens with zero attached hydrogens (tertiary/aromatic N) is 1. The number of likely N-dealkylation sites (N-methyl/N-ethyl adjacent to an activating group) is 1. The van der Waals surface area contributed by atoms with Crippen molar-refractivity contribution in [1.82, 2.24) is 4.90 Å². The van der Waals surface area contributed by atoms with Gasteiger partial charge in [-0.25, -0.2) is 0 Å². The highest BCUT2D eigenvalue weighted by Crippen LogP contribution is 2.17. The zero-order chi connectivity index (χ0) is 18.9. The van der Waals surface area contributed by atoms with E-state index in [2.05, 4.69) is 25.0 Å². The van der Waals surface area contributed by atoms with Crippen LogP contribution >= 0.6 is 0 Å². The van der Waals surface area contributed by atoms with Crippen LogP contribution in [0, 0.1) is 19.3 Å².